The molecule has 0 aromatic heterocycles. The zero-order valence-electron chi connectivity index (χ0n) is 18.0. The average molecular weight is 439 g/mol. The molecule has 0 N–H and O–H groups in total. The first-order chi connectivity index (χ1) is 15.0. The summed E-state index contributed by atoms with van der Waals surface area (Å²) < 4.78 is 5.36. The summed E-state index contributed by atoms with van der Waals surface area (Å²) in [5.74, 6) is 1.64. The summed E-state index contributed by atoms with van der Waals surface area (Å²) in [5, 5.41) is 0.739. The summed E-state index contributed by atoms with van der Waals surface area (Å²) in [6.45, 7) is 7.34. The third-order valence-corrected chi connectivity index (χ3v) is 5.50. The SMILES string of the molecule is C=Nc1cc(OC)ccc1N(Cc1ccccc1Cl)CC(C)c1ccc(OOC)cc1. The van der Waals surface area contributed by atoms with E-state index in [1.54, 1.807) is 7.11 Å². The summed E-state index contributed by atoms with van der Waals surface area (Å²) in [6.07, 6.45) is 0. The molecule has 0 heterocycles. The molecule has 0 aliphatic rings. The summed E-state index contributed by atoms with van der Waals surface area (Å²) >= 11 is 6.47. The number of methoxy groups -OCH3 is 1. The first kappa shape index (κ1) is 22.7. The third kappa shape index (κ3) is 5.78. The Bertz CT molecular complexity index is 1010. The normalized spacial score (nSPS) is 11.6. The highest BCUT2D eigenvalue weighted by Crippen LogP contribution is 2.35. The van der Waals surface area contributed by atoms with Crippen molar-refractivity contribution in [1.29, 1.82) is 0 Å². The van der Waals surface area contributed by atoms with E-state index in [4.69, 9.17) is 26.1 Å². The van der Waals surface area contributed by atoms with Crippen molar-refractivity contribution in [3.8, 4) is 11.5 Å². The van der Waals surface area contributed by atoms with Crippen molar-refractivity contribution in [2.45, 2.75) is 19.4 Å². The van der Waals surface area contributed by atoms with Gasteiger partial charge in [0.2, 0.25) is 0 Å². The van der Waals surface area contributed by atoms with Gasteiger partial charge >= 0.3 is 0 Å². The molecule has 3 aromatic rings. The number of nitrogens with zero attached hydrogens (tertiary/aromatic N) is 2. The van der Waals surface area contributed by atoms with Crippen LogP contribution >= 0.6 is 11.6 Å². The fourth-order valence-electron chi connectivity index (χ4n) is 3.49. The number of hydrogen-bond acceptors (Lipinski definition) is 5. The van der Waals surface area contributed by atoms with Gasteiger partial charge in [0.15, 0.2) is 5.75 Å². The summed E-state index contributed by atoms with van der Waals surface area (Å²) in [4.78, 5) is 16.3. The molecule has 162 valence electrons. The molecule has 0 saturated heterocycles. The Morgan fingerprint density at radius 1 is 1.00 bits per heavy atom. The van der Waals surface area contributed by atoms with Gasteiger partial charge in [-0.1, -0.05) is 48.9 Å². The van der Waals surface area contributed by atoms with E-state index in [9.17, 15) is 0 Å². The zero-order chi connectivity index (χ0) is 22.2. The van der Waals surface area contributed by atoms with Crippen molar-refractivity contribution in [2.75, 3.05) is 25.7 Å². The molecule has 0 bridgehead atoms. The summed E-state index contributed by atoms with van der Waals surface area (Å²) in [5.41, 5.74) is 3.98. The van der Waals surface area contributed by atoms with Crippen molar-refractivity contribution in [3.63, 3.8) is 0 Å². The number of benzene rings is 3. The number of ether oxygens (including phenoxy) is 1. The van der Waals surface area contributed by atoms with Gasteiger partial charge in [-0.05, 0) is 54.1 Å². The highest BCUT2D eigenvalue weighted by Gasteiger charge is 2.18. The first-order valence-electron chi connectivity index (χ1n) is 9.99. The second-order valence-electron chi connectivity index (χ2n) is 7.20. The number of hydrogen-bond donors (Lipinski definition) is 0. The largest absolute Gasteiger partial charge is 0.497 e. The molecule has 0 fully saturated rings. The second kappa shape index (κ2) is 10.8. The van der Waals surface area contributed by atoms with Crippen LogP contribution in [0, 0.1) is 0 Å². The maximum Gasteiger partial charge on any atom is 0.165 e. The van der Waals surface area contributed by atoms with Crippen LogP contribution in [0.4, 0.5) is 11.4 Å². The van der Waals surface area contributed by atoms with E-state index in [0.29, 0.717) is 12.3 Å². The molecule has 3 aromatic carbocycles. The van der Waals surface area contributed by atoms with Gasteiger partial charge in [-0.25, -0.2) is 0 Å². The van der Waals surface area contributed by atoms with Crippen molar-refractivity contribution in [1.82, 2.24) is 0 Å². The molecule has 0 amide bonds. The van der Waals surface area contributed by atoms with Gasteiger partial charge < -0.3 is 14.5 Å². The summed E-state index contributed by atoms with van der Waals surface area (Å²) in [7, 11) is 3.13. The molecule has 31 heavy (non-hydrogen) atoms. The molecule has 0 aliphatic heterocycles. The Labute approximate surface area is 188 Å². The van der Waals surface area contributed by atoms with Crippen LogP contribution in [0.15, 0.2) is 71.7 Å². The molecular weight excluding hydrogens is 412 g/mol. The minimum atomic E-state index is 0.235. The molecule has 1 atom stereocenters. The average Bonchev–Trinajstić information content (AvgIpc) is 2.80. The quantitative estimate of drug-likeness (QED) is 0.208. The molecule has 5 nitrogen and oxygen atoms in total. The van der Waals surface area contributed by atoms with Crippen LogP contribution in [0.25, 0.3) is 0 Å². The maximum absolute atomic E-state index is 6.47. The van der Waals surface area contributed by atoms with Crippen molar-refractivity contribution >= 4 is 29.7 Å². The predicted octanol–water partition coefficient (Wildman–Crippen LogP) is 6.43. The molecule has 0 spiro atoms. The summed E-state index contributed by atoms with van der Waals surface area (Å²) in [6, 6.07) is 21.6. The van der Waals surface area contributed by atoms with Crippen molar-refractivity contribution < 1.29 is 14.5 Å². The predicted molar refractivity (Wildman–Crippen MR) is 127 cm³/mol. The van der Waals surface area contributed by atoms with Crippen LogP contribution in [0.1, 0.15) is 24.0 Å². The fraction of sp³-hybridized carbons (Fsp3) is 0.240. The molecular formula is C25H27ClN2O3. The smallest absolute Gasteiger partial charge is 0.165 e. The van der Waals surface area contributed by atoms with Gasteiger partial charge in [0, 0.05) is 24.2 Å². The van der Waals surface area contributed by atoms with Crippen LogP contribution in [0.5, 0.6) is 11.5 Å². The molecule has 0 radical (unpaired) electrons. The van der Waals surface area contributed by atoms with E-state index in [1.807, 2.05) is 66.7 Å². The minimum absolute atomic E-state index is 0.235. The Balaban J connectivity index is 1.92. The standard InChI is InChI=1S/C25H27ClN2O3/c1-18(19-9-11-21(12-10-19)31-30-4)16-28(17-20-7-5-6-8-23(20)26)25-14-13-22(29-3)15-24(25)27-2/h5-15,18H,2,16-17H2,1,3-4H3. The lowest BCUT2D eigenvalue weighted by molar-refractivity contribution is -0.178. The van der Waals surface area contributed by atoms with E-state index < -0.39 is 0 Å². The van der Waals surface area contributed by atoms with Gasteiger partial charge in [-0.15, -0.1) is 0 Å². The number of anilines is 1. The van der Waals surface area contributed by atoms with E-state index in [2.05, 4.69) is 23.5 Å². The van der Waals surface area contributed by atoms with E-state index in [0.717, 1.165) is 34.3 Å². The maximum atomic E-state index is 6.47. The lowest BCUT2D eigenvalue weighted by atomic mass is 9.99. The molecule has 1 unspecified atom stereocenters. The molecule has 6 heteroatoms. The lowest BCUT2D eigenvalue weighted by Crippen LogP contribution is -2.27. The van der Waals surface area contributed by atoms with Crippen molar-refractivity contribution in [2.24, 2.45) is 4.99 Å². The van der Waals surface area contributed by atoms with E-state index >= 15 is 0 Å². The van der Waals surface area contributed by atoms with Crippen LogP contribution in [-0.4, -0.2) is 27.5 Å². The van der Waals surface area contributed by atoms with Crippen LogP contribution in [0.3, 0.4) is 0 Å². The first-order valence-corrected chi connectivity index (χ1v) is 10.4. The molecule has 0 saturated carbocycles. The van der Waals surface area contributed by atoms with Crippen molar-refractivity contribution in [3.05, 3.63) is 82.9 Å². The fourth-order valence-corrected chi connectivity index (χ4v) is 3.68. The minimum Gasteiger partial charge on any atom is -0.497 e. The topological polar surface area (TPSA) is 43.3 Å². The monoisotopic (exact) mass is 438 g/mol. The van der Waals surface area contributed by atoms with Gasteiger partial charge in [-0.2, -0.15) is 4.89 Å². The Kier molecular flexibility index (Phi) is 7.93. The van der Waals surface area contributed by atoms with E-state index in [-0.39, 0.29) is 5.92 Å². The highest BCUT2D eigenvalue weighted by molar-refractivity contribution is 6.31. The Morgan fingerprint density at radius 3 is 2.35 bits per heavy atom. The van der Waals surface area contributed by atoms with Gasteiger partial charge in [0.1, 0.15) is 5.75 Å². The Hall–Kier alpha value is -3.02. The van der Waals surface area contributed by atoms with Gasteiger partial charge in [0.25, 0.3) is 0 Å². The van der Waals surface area contributed by atoms with E-state index in [1.165, 1.54) is 12.7 Å². The Morgan fingerprint density at radius 2 is 1.71 bits per heavy atom. The van der Waals surface area contributed by atoms with Crippen LogP contribution < -0.4 is 14.5 Å². The van der Waals surface area contributed by atoms with Crippen LogP contribution in [0.2, 0.25) is 5.02 Å². The lowest BCUT2D eigenvalue weighted by Gasteiger charge is -2.30. The van der Waals surface area contributed by atoms with Crippen LogP contribution in [-0.2, 0) is 11.4 Å². The highest BCUT2D eigenvalue weighted by atomic mass is 35.5. The zero-order valence-corrected chi connectivity index (χ0v) is 18.8. The number of rotatable bonds is 10. The van der Waals surface area contributed by atoms with Gasteiger partial charge in [-0.3, -0.25) is 4.99 Å². The third-order valence-electron chi connectivity index (χ3n) is 5.14. The number of aliphatic imine (C=N–C) groups is 1. The second-order valence-corrected chi connectivity index (χ2v) is 7.61. The van der Waals surface area contributed by atoms with Gasteiger partial charge in [0.05, 0.1) is 25.6 Å². The molecule has 0 aliphatic carbocycles. The molecule has 3 rings (SSSR count). The number of halogens is 1.